The Hall–Kier alpha value is -1.44. The molecule has 7 heteroatoms. The van der Waals surface area contributed by atoms with Gasteiger partial charge in [0.25, 0.3) is 0 Å². The van der Waals surface area contributed by atoms with E-state index in [1.807, 2.05) is 0 Å². The first kappa shape index (κ1) is 22.8. The quantitative estimate of drug-likeness (QED) is 0.582. The Morgan fingerprint density at radius 2 is 1.75 bits per heavy atom. The summed E-state index contributed by atoms with van der Waals surface area (Å²) in [5, 5.41) is 2.99. The Kier molecular flexibility index (Phi) is 8.92. The summed E-state index contributed by atoms with van der Waals surface area (Å²) < 4.78 is 25.7. The molecule has 1 saturated heterocycles. The number of sulfonamides is 1. The summed E-state index contributed by atoms with van der Waals surface area (Å²) in [7, 11) is -2.02. The molecule has 0 bridgehead atoms. The molecule has 1 aromatic rings. The van der Waals surface area contributed by atoms with Crippen molar-refractivity contribution in [3.8, 4) is 0 Å². The molecule has 0 spiro atoms. The summed E-state index contributed by atoms with van der Waals surface area (Å²) in [4.78, 5) is 14.8. The van der Waals surface area contributed by atoms with Crippen molar-refractivity contribution < 1.29 is 13.2 Å². The number of rotatable bonds is 10. The molecule has 1 fully saturated rings. The second-order valence-electron chi connectivity index (χ2n) is 8.11. The molecule has 158 valence electrons. The van der Waals surface area contributed by atoms with Gasteiger partial charge in [0.15, 0.2) is 0 Å². The average molecular weight is 410 g/mol. The summed E-state index contributed by atoms with van der Waals surface area (Å²) in [5.41, 5.74) is 0.957. The molecule has 0 saturated carbocycles. The number of likely N-dealkylation sites (tertiary alicyclic amines) is 1. The van der Waals surface area contributed by atoms with Crippen molar-refractivity contribution in [2.45, 2.75) is 50.8 Å². The van der Waals surface area contributed by atoms with Gasteiger partial charge in [0, 0.05) is 26.1 Å². The van der Waals surface area contributed by atoms with Crippen molar-refractivity contribution in [2.24, 2.45) is 11.8 Å². The van der Waals surface area contributed by atoms with Crippen molar-refractivity contribution in [3.05, 3.63) is 29.8 Å². The molecule has 1 amide bonds. The third-order valence-electron chi connectivity index (χ3n) is 5.31. The predicted molar refractivity (Wildman–Crippen MR) is 113 cm³/mol. The number of carbonyl (C=O) groups excluding carboxylic acids is 1. The van der Waals surface area contributed by atoms with E-state index in [4.69, 9.17) is 0 Å². The van der Waals surface area contributed by atoms with E-state index in [0.29, 0.717) is 12.8 Å². The number of carbonyl (C=O) groups is 1. The maximum absolute atomic E-state index is 12.0. The SMILES string of the molecule is CNS(=O)(=O)c1ccc(CCC(=O)NCCCCN2CC(C)CC(C)C2)cc1. The molecular formula is C21H35N3O3S. The highest BCUT2D eigenvalue weighted by molar-refractivity contribution is 7.89. The molecule has 1 aliphatic rings. The van der Waals surface area contributed by atoms with Crippen LogP contribution in [0.1, 0.15) is 45.1 Å². The molecular weight excluding hydrogens is 374 g/mol. The van der Waals surface area contributed by atoms with Gasteiger partial charge in [-0.15, -0.1) is 0 Å². The molecule has 0 aromatic heterocycles. The van der Waals surface area contributed by atoms with Crippen molar-refractivity contribution in [3.63, 3.8) is 0 Å². The van der Waals surface area contributed by atoms with E-state index in [-0.39, 0.29) is 10.8 Å². The van der Waals surface area contributed by atoms with E-state index in [1.54, 1.807) is 24.3 Å². The van der Waals surface area contributed by atoms with Crippen LogP contribution in [0.5, 0.6) is 0 Å². The van der Waals surface area contributed by atoms with Crippen molar-refractivity contribution in [2.75, 3.05) is 33.2 Å². The number of hydrogen-bond donors (Lipinski definition) is 2. The maximum atomic E-state index is 12.0. The van der Waals surface area contributed by atoms with E-state index in [2.05, 4.69) is 28.8 Å². The van der Waals surface area contributed by atoms with Gasteiger partial charge < -0.3 is 10.2 Å². The van der Waals surface area contributed by atoms with E-state index in [0.717, 1.165) is 43.3 Å². The fourth-order valence-corrected chi connectivity index (χ4v) is 4.69. The number of benzene rings is 1. The molecule has 1 aliphatic heterocycles. The lowest BCUT2D eigenvalue weighted by Gasteiger charge is -2.34. The Labute approximate surface area is 170 Å². The predicted octanol–water partition coefficient (Wildman–Crippen LogP) is 2.40. The first-order chi connectivity index (χ1) is 13.3. The van der Waals surface area contributed by atoms with Crippen molar-refractivity contribution >= 4 is 15.9 Å². The number of hydrogen-bond acceptors (Lipinski definition) is 4. The Balaban J connectivity index is 1.60. The highest BCUT2D eigenvalue weighted by Crippen LogP contribution is 2.21. The molecule has 0 radical (unpaired) electrons. The van der Waals surface area contributed by atoms with Crippen LogP contribution in [0.4, 0.5) is 0 Å². The summed E-state index contributed by atoms with van der Waals surface area (Å²) in [6.45, 7) is 8.89. The van der Waals surface area contributed by atoms with Crippen molar-refractivity contribution in [1.29, 1.82) is 0 Å². The minimum Gasteiger partial charge on any atom is -0.356 e. The molecule has 6 nitrogen and oxygen atoms in total. The highest BCUT2D eigenvalue weighted by Gasteiger charge is 2.20. The summed E-state index contributed by atoms with van der Waals surface area (Å²) in [5.74, 6) is 1.62. The van der Waals surface area contributed by atoms with Gasteiger partial charge >= 0.3 is 0 Å². The second-order valence-corrected chi connectivity index (χ2v) is 10.0. The molecule has 28 heavy (non-hydrogen) atoms. The molecule has 2 unspecified atom stereocenters. The van der Waals surface area contributed by atoms with Gasteiger partial charge in [0.2, 0.25) is 15.9 Å². The first-order valence-electron chi connectivity index (χ1n) is 10.3. The molecule has 1 heterocycles. The van der Waals surface area contributed by atoms with Gasteiger partial charge in [0.05, 0.1) is 4.90 Å². The average Bonchev–Trinajstić information content (AvgIpc) is 2.65. The molecule has 2 rings (SSSR count). The fourth-order valence-electron chi connectivity index (χ4n) is 3.96. The zero-order valence-corrected chi connectivity index (χ0v) is 18.2. The number of amides is 1. The van der Waals surface area contributed by atoms with E-state index in [1.165, 1.54) is 26.6 Å². The highest BCUT2D eigenvalue weighted by atomic mass is 32.2. The van der Waals surface area contributed by atoms with Gasteiger partial charge in [-0.3, -0.25) is 4.79 Å². The second kappa shape index (κ2) is 10.9. The topological polar surface area (TPSA) is 78.5 Å². The van der Waals surface area contributed by atoms with E-state index >= 15 is 0 Å². The van der Waals surface area contributed by atoms with Crippen LogP contribution in [0.25, 0.3) is 0 Å². The normalized spacial score (nSPS) is 20.8. The zero-order chi connectivity index (χ0) is 20.6. The van der Waals surface area contributed by atoms with Crippen LogP contribution in [-0.2, 0) is 21.2 Å². The molecule has 1 aromatic carbocycles. The third-order valence-corrected chi connectivity index (χ3v) is 6.74. The fraction of sp³-hybridized carbons (Fsp3) is 0.667. The van der Waals surface area contributed by atoms with Crippen LogP contribution in [0.3, 0.4) is 0 Å². The summed E-state index contributed by atoms with van der Waals surface area (Å²) in [6, 6.07) is 6.67. The van der Waals surface area contributed by atoms with Gasteiger partial charge in [-0.25, -0.2) is 13.1 Å². The Morgan fingerprint density at radius 1 is 1.11 bits per heavy atom. The Bertz CT molecular complexity index is 709. The van der Waals surface area contributed by atoms with Crippen LogP contribution >= 0.6 is 0 Å². The van der Waals surface area contributed by atoms with Crippen molar-refractivity contribution in [1.82, 2.24) is 14.9 Å². The zero-order valence-electron chi connectivity index (χ0n) is 17.4. The van der Waals surface area contributed by atoms with E-state index in [9.17, 15) is 13.2 Å². The van der Waals surface area contributed by atoms with Gasteiger partial charge in [-0.2, -0.15) is 0 Å². The minimum atomic E-state index is -3.41. The number of unbranched alkanes of at least 4 members (excludes halogenated alkanes) is 1. The maximum Gasteiger partial charge on any atom is 0.240 e. The summed E-state index contributed by atoms with van der Waals surface area (Å²) in [6.07, 6.45) is 4.47. The Morgan fingerprint density at radius 3 is 2.36 bits per heavy atom. The van der Waals surface area contributed by atoms with Crippen LogP contribution in [-0.4, -0.2) is 52.5 Å². The lowest BCUT2D eigenvalue weighted by atomic mass is 9.92. The minimum absolute atomic E-state index is 0.0483. The monoisotopic (exact) mass is 409 g/mol. The third kappa shape index (κ3) is 7.53. The smallest absolute Gasteiger partial charge is 0.240 e. The number of aryl methyl sites for hydroxylation is 1. The molecule has 0 aliphatic carbocycles. The van der Waals surface area contributed by atoms with Crippen LogP contribution in [0, 0.1) is 11.8 Å². The first-order valence-corrected chi connectivity index (χ1v) is 11.8. The molecule has 2 atom stereocenters. The lowest BCUT2D eigenvalue weighted by molar-refractivity contribution is -0.121. The molecule has 2 N–H and O–H groups in total. The van der Waals surface area contributed by atoms with Gasteiger partial charge in [-0.05, 0) is 68.8 Å². The number of nitrogens with one attached hydrogen (secondary N) is 2. The number of piperidine rings is 1. The lowest BCUT2D eigenvalue weighted by Crippen LogP contribution is -2.39. The van der Waals surface area contributed by atoms with Gasteiger partial charge in [0.1, 0.15) is 0 Å². The van der Waals surface area contributed by atoms with Gasteiger partial charge in [-0.1, -0.05) is 26.0 Å². The van der Waals surface area contributed by atoms with Crippen LogP contribution in [0.2, 0.25) is 0 Å². The van der Waals surface area contributed by atoms with E-state index < -0.39 is 10.0 Å². The summed E-state index contributed by atoms with van der Waals surface area (Å²) >= 11 is 0. The largest absolute Gasteiger partial charge is 0.356 e. The number of nitrogens with zero attached hydrogens (tertiary/aromatic N) is 1. The van der Waals surface area contributed by atoms with Crippen LogP contribution < -0.4 is 10.0 Å². The standard InChI is InChI=1S/C21H35N3O3S/c1-17-14-18(2)16-24(15-17)13-5-4-12-23-21(25)11-8-19-6-9-20(10-7-19)28(26,27)22-3/h6-7,9-10,17-18,22H,4-5,8,11-16H2,1-3H3,(H,23,25). The van der Waals surface area contributed by atoms with Crippen LogP contribution in [0.15, 0.2) is 29.2 Å².